The molecule has 2 fully saturated rings. The third-order valence-electron chi connectivity index (χ3n) is 4.03. The van der Waals surface area contributed by atoms with Gasteiger partial charge < -0.3 is 10.1 Å². The highest BCUT2D eigenvalue weighted by Gasteiger charge is 2.31. The zero-order chi connectivity index (χ0) is 16.4. The average molecular weight is 319 g/mol. The Morgan fingerprint density at radius 3 is 2.65 bits per heavy atom. The number of imide groups is 1. The Bertz CT molecular complexity index is 639. The number of nitro groups is 1. The number of rotatable bonds is 5. The van der Waals surface area contributed by atoms with Crippen molar-refractivity contribution in [3.8, 4) is 0 Å². The van der Waals surface area contributed by atoms with E-state index in [9.17, 15) is 19.7 Å². The van der Waals surface area contributed by atoms with Crippen molar-refractivity contribution in [2.45, 2.75) is 31.8 Å². The zero-order valence-corrected chi connectivity index (χ0v) is 12.5. The summed E-state index contributed by atoms with van der Waals surface area (Å²) >= 11 is 0. The first-order valence-corrected chi connectivity index (χ1v) is 7.56. The minimum absolute atomic E-state index is 0.0519. The number of carbonyl (C=O) groups excluding carboxylic acids is 2. The van der Waals surface area contributed by atoms with Crippen molar-refractivity contribution < 1.29 is 19.2 Å². The first kappa shape index (κ1) is 15.4. The Kier molecular flexibility index (Phi) is 4.24. The first-order chi connectivity index (χ1) is 11.1. The van der Waals surface area contributed by atoms with Crippen LogP contribution in [0.1, 0.15) is 25.7 Å². The highest BCUT2D eigenvalue weighted by Crippen LogP contribution is 2.32. The van der Waals surface area contributed by atoms with Crippen LogP contribution < -0.4 is 10.2 Å². The van der Waals surface area contributed by atoms with Gasteiger partial charge in [0.2, 0.25) is 11.8 Å². The fourth-order valence-electron chi connectivity index (χ4n) is 2.85. The summed E-state index contributed by atoms with van der Waals surface area (Å²) in [6, 6.07) is 4.34. The summed E-state index contributed by atoms with van der Waals surface area (Å²) < 4.78 is 5.48. The van der Waals surface area contributed by atoms with Gasteiger partial charge in [-0.1, -0.05) is 0 Å². The number of nitro benzene ring substituents is 1. The number of nitrogens with one attached hydrogen (secondary N) is 1. The predicted molar refractivity (Wildman–Crippen MR) is 82.3 cm³/mol. The van der Waals surface area contributed by atoms with Gasteiger partial charge in [-0.2, -0.15) is 0 Å². The lowest BCUT2D eigenvalue weighted by Gasteiger charge is -2.16. The maximum Gasteiger partial charge on any atom is 0.294 e. The number of ether oxygens (including phenoxy) is 1. The summed E-state index contributed by atoms with van der Waals surface area (Å²) in [4.78, 5) is 35.3. The average Bonchev–Trinajstić information content (AvgIpc) is 3.15. The minimum Gasteiger partial charge on any atom is -0.377 e. The summed E-state index contributed by atoms with van der Waals surface area (Å²) in [5.41, 5.74) is 0.438. The Hall–Kier alpha value is -2.48. The van der Waals surface area contributed by atoms with Gasteiger partial charge in [-0.15, -0.1) is 0 Å². The normalized spacial score (nSPS) is 21.0. The van der Waals surface area contributed by atoms with E-state index in [4.69, 9.17) is 4.74 Å². The molecule has 1 atom stereocenters. The molecule has 3 rings (SSSR count). The van der Waals surface area contributed by atoms with Crippen molar-refractivity contribution in [1.29, 1.82) is 0 Å². The maximum atomic E-state index is 11.8. The number of nitrogens with zero attached hydrogens (tertiary/aromatic N) is 2. The van der Waals surface area contributed by atoms with Crippen molar-refractivity contribution >= 4 is 28.9 Å². The van der Waals surface area contributed by atoms with Crippen LogP contribution in [-0.2, 0) is 14.3 Å². The molecular formula is C15H17N3O5. The van der Waals surface area contributed by atoms with E-state index in [0.717, 1.165) is 17.7 Å². The molecular weight excluding hydrogens is 302 g/mol. The standard InChI is InChI=1S/C15H17N3O5/c19-14-5-6-15(20)17(14)10-3-4-12(13(8-10)18(21)22)16-9-11-2-1-7-23-11/h3-4,8,11,16H,1-2,5-7,9H2/t11-/m0/s1. The first-order valence-electron chi connectivity index (χ1n) is 7.56. The largest absolute Gasteiger partial charge is 0.377 e. The molecule has 0 aromatic heterocycles. The molecule has 0 saturated carbocycles. The monoisotopic (exact) mass is 319 g/mol. The van der Waals surface area contributed by atoms with Gasteiger partial charge in [0.05, 0.1) is 16.7 Å². The molecule has 1 aromatic rings. The van der Waals surface area contributed by atoms with Crippen molar-refractivity contribution in [2.24, 2.45) is 0 Å². The Morgan fingerprint density at radius 2 is 2.04 bits per heavy atom. The molecule has 2 saturated heterocycles. The Labute approximate surface area is 132 Å². The molecule has 8 nitrogen and oxygen atoms in total. The summed E-state index contributed by atoms with van der Waals surface area (Å²) in [6.07, 6.45) is 2.26. The lowest BCUT2D eigenvalue weighted by Crippen LogP contribution is -2.28. The Balaban J connectivity index is 1.82. The second-order valence-corrected chi connectivity index (χ2v) is 5.60. The highest BCUT2D eigenvalue weighted by molar-refractivity contribution is 6.20. The number of anilines is 2. The summed E-state index contributed by atoms with van der Waals surface area (Å²) in [7, 11) is 0. The lowest BCUT2D eigenvalue weighted by atomic mass is 10.2. The van der Waals surface area contributed by atoms with Crippen LogP contribution in [0.15, 0.2) is 18.2 Å². The smallest absolute Gasteiger partial charge is 0.294 e. The van der Waals surface area contributed by atoms with Gasteiger partial charge in [-0.3, -0.25) is 24.6 Å². The fraction of sp³-hybridized carbons (Fsp3) is 0.467. The van der Waals surface area contributed by atoms with Gasteiger partial charge in [0.15, 0.2) is 0 Å². The number of benzene rings is 1. The summed E-state index contributed by atoms with van der Waals surface area (Å²) in [6.45, 7) is 1.20. The van der Waals surface area contributed by atoms with Crippen molar-refractivity contribution in [2.75, 3.05) is 23.4 Å². The Morgan fingerprint density at radius 1 is 1.30 bits per heavy atom. The van der Waals surface area contributed by atoms with Crippen LogP contribution in [0.25, 0.3) is 0 Å². The van der Waals surface area contributed by atoms with Gasteiger partial charge in [0.1, 0.15) is 5.69 Å². The molecule has 0 spiro atoms. The van der Waals surface area contributed by atoms with Crippen LogP contribution >= 0.6 is 0 Å². The fourth-order valence-corrected chi connectivity index (χ4v) is 2.85. The van der Waals surface area contributed by atoms with Crippen LogP contribution in [0.4, 0.5) is 17.1 Å². The van der Waals surface area contributed by atoms with E-state index in [2.05, 4.69) is 5.32 Å². The van der Waals surface area contributed by atoms with E-state index < -0.39 is 4.92 Å². The van der Waals surface area contributed by atoms with Gasteiger partial charge in [-0.05, 0) is 25.0 Å². The summed E-state index contributed by atoms with van der Waals surface area (Å²) in [5, 5.41) is 14.3. The van der Waals surface area contributed by atoms with E-state index in [-0.39, 0.29) is 42.1 Å². The highest BCUT2D eigenvalue weighted by atomic mass is 16.6. The molecule has 2 aliphatic rings. The molecule has 2 heterocycles. The van der Waals surface area contributed by atoms with E-state index in [1.54, 1.807) is 6.07 Å². The van der Waals surface area contributed by atoms with Gasteiger partial charge in [0, 0.05) is 32.1 Å². The van der Waals surface area contributed by atoms with Gasteiger partial charge >= 0.3 is 0 Å². The third-order valence-corrected chi connectivity index (χ3v) is 4.03. The van der Waals surface area contributed by atoms with Crippen LogP contribution in [0.3, 0.4) is 0 Å². The third kappa shape index (κ3) is 3.16. The molecule has 2 aliphatic heterocycles. The van der Waals surface area contributed by atoms with Gasteiger partial charge in [0.25, 0.3) is 5.69 Å². The molecule has 2 amide bonds. The molecule has 1 aromatic carbocycles. The van der Waals surface area contributed by atoms with Crippen LogP contribution in [0.2, 0.25) is 0 Å². The number of carbonyl (C=O) groups is 2. The SMILES string of the molecule is O=C1CCC(=O)N1c1ccc(NC[C@@H]2CCCO2)c([N+](=O)[O-])c1. The molecule has 0 aliphatic carbocycles. The van der Waals surface area contributed by atoms with Crippen molar-refractivity contribution in [3.63, 3.8) is 0 Å². The van der Waals surface area contributed by atoms with Crippen LogP contribution in [0.5, 0.6) is 0 Å². The molecule has 0 unspecified atom stereocenters. The van der Waals surface area contributed by atoms with Crippen molar-refractivity contribution in [3.05, 3.63) is 28.3 Å². The summed E-state index contributed by atoms with van der Waals surface area (Å²) in [5.74, 6) is -0.659. The minimum atomic E-state index is -0.521. The quantitative estimate of drug-likeness (QED) is 0.505. The molecule has 23 heavy (non-hydrogen) atoms. The number of hydrogen-bond acceptors (Lipinski definition) is 6. The van der Waals surface area contributed by atoms with E-state index in [1.165, 1.54) is 12.1 Å². The lowest BCUT2D eigenvalue weighted by molar-refractivity contribution is -0.383. The van der Waals surface area contributed by atoms with E-state index in [0.29, 0.717) is 18.8 Å². The number of hydrogen-bond donors (Lipinski definition) is 1. The van der Waals surface area contributed by atoms with Crippen molar-refractivity contribution in [1.82, 2.24) is 0 Å². The topological polar surface area (TPSA) is 102 Å². The molecule has 0 bridgehead atoms. The molecule has 0 radical (unpaired) electrons. The van der Waals surface area contributed by atoms with E-state index >= 15 is 0 Å². The second-order valence-electron chi connectivity index (χ2n) is 5.60. The maximum absolute atomic E-state index is 11.8. The van der Waals surface area contributed by atoms with Crippen LogP contribution in [-0.4, -0.2) is 36.0 Å². The molecule has 1 N–H and O–H groups in total. The molecule has 122 valence electrons. The predicted octanol–water partition coefficient (Wildman–Crippen LogP) is 1.84. The zero-order valence-electron chi connectivity index (χ0n) is 12.5. The van der Waals surface area contributed by atoms with E-state index in [1.807, 2.05) is 0 Å². The van der Waals surface area contributed by atoms with Crippen LogP contribution in [0, 0.1) is 10.1 Å². The molecule has 8 heteroatoms. The van der Waals surface area contributed by atoms with Gasteiger partial charge in [-0.25, -0.2) is 0 Å². The second kappa shape index (κ2) is 6.33. The number of amides is 2.